The number of pyridine rings is 2. The van der Waals surface area contributed by atoms with Crippen LogP contribution >= 0.6 is 0 Å². The number of hydrogen-bond donors (Lipinski definition) is 0. The number of aryl methyl sites for hydroxylation is 1. The number of nitriles is 1. The summed E-state index contributed by atoms with van der Waals surface area (Å²) in [6, 6.07) is 26.7. The SMILES string of the molecule is CCC(C#N)(CC)c1ccc(-n2c(=O)n(C)c3cnc4ccc(-c5cnc6ccccc6c5)cc4c32)cc1. The summed E-state index contributed by atoms with van der Waals surface area (Å²) in [6.07, 6.45) is 5.11. The molecule has 3 aromatic heterocycles. The summed E-state index contributed by atoms with van der Waals surface area (Å²) < 4.78 is 3.38. The fourth-order valence-corrected chi connectivity index (χ4v) is 5.46. The second-order valence-electron chi connectivity index (χ2n) is 9.77. The molecule has 0 unspecified atom stereocenters. The van der Waals surface area contributed by atoms with Gasteiger partial charge in [-0.15, -0.1) is 0 Å². The normalized spacial score (nSPS) is 11.8. The summed E-state index contributed by atoms with van der Waals surface area (Å²) in [4.78, 5) is 22.8. The Morgan fingerprint density at radius 1 is 0.868 bits per heavy atom. The molecule has 6 heteroatoms. The van der Waals surface area contributed by atoms with Crippen LogP contribution in [-0.4, -0.2) is 19.1 Å². The molecule has 38 heavy (non-hydrogen) atoms. The molecule has 0 fully saturated rings. The van der Waals surface area contributed by atoms with Crippen molar-refractivity contribution >= 4 is 32.8 Å². The lowest BCUT2D eigenvalue weighted by atomic mass is 9.77. The number of nitrogens with zero attached hydrogens (tertiary/aromatic N) is 5. The standard InChI is InChI=1S/C32H27N5O/c1-4-32(5-2,20-33)24-11-13-25(14-12-24)37-30-26-17-21(23-16-22-8-6-7-9-27(22)34-18-23)10-15-28(26)35-19-29(30)36(3)31(37)38/h6-19H,4-5H2,1-3H3. The first-order valence-corrected chi connectivity index (χ1v) is 12.9. The number of hydrogen-bond acceptors (Lipinski definition) is 4. The first-order chi connectivity index (χ1) is 18.5. The Labute approximate surface area is 220 Å². The quantitative estimate of drug-likeness (QED) is 0.266. The molecule has 0 N–H and O–H groups in total. The minimum Gasteiger partial charge on any atom is -0.293 e. The Hall–Kier alpha value is -4.76. The lowest BCUT2D eigenvalue weighted by molar-refractivity contribution is 0.511. The maximum Gasteiger partial charge on any atom is 0.333 e. The fraction of sp³-hybridized carbons (Fsp3) is 0.188. The van der Waals surface area contributed by atoms with Gasteiger partial charge in [-0.25, -0.2) is 4.79 Å². The largest absolute Gasteiger partial charge is 0.333 e. The number of imidazole rings is 1. The number of aromatic nitrogens is 4. The molecule has 0 aliphatic carbocycles. The monoisotopic (exact) mass is 497 g/mol. The highest BCUT2D eigenvalue weighted by Gasteiger charge is 2.28. The molecular formula is C32H27N5O. The number of para-hydroxylation sites is 1. The van der Waals surface area contributed by atoms with Crippen molar-refractivity contribution in [2.24, 2.45) is 7.05 Å². The molecule has 0 bridgehead atoms. The van der Waals surface area contributed by atoms with Gasteiger partial charge in [0.05, 0.1) is 45.4 Å². The van der Waals surface area contributed by atoms with Crippen molar-refractivity contribution in [3.63, 3.8) is 0 Å². The smallest absolute Gasteiger partial charge is 0.293 e. The molecule has 3 aromatic carbocycles. The summed E-state index contributed by atoms with van der Waals surface area (Å²) in [5.41, 5.74) is 6.40. The molecule has 3 heterocycles. The average molecular weight is 498 g/mol. The van der Waals surface area contributed by atoms with Crippen molar-refractivity contribution in [3.05, 3.63) is 101 Å². The Morgan fingerprint density at radius 3 is 2.34 bits per heavy atom. The van der Waals surface area contributed by atoms with Crippen molar-refractivity contribution in [2.75, 3.05) is 0 Å². The van der Waals surface area contributed by atoms with Crippen molar-refractivity contribution in [1.29, 1.82) is 5.26 Å². The number of fused-ring (bicyclic) bond motifs is 4. The molecule has 0 saturated carbocycles. The molecule has 0 saturated heterocycles. The first-order valence-electron chi connectivity index (χ1n) is 12.9. The van der Waals surface area contributed by atoms with Gasteiger partial charge in [-0.2, -0.15) is 5.26 Å². The van der Waals surface area contributed by atoms with Gasteiger partial charge in [0.15, 0.2) is 0 Å². The van der Waals surface area contributed by atoms with Crippen molar-refractivity contribution in [2.45, 2.75) is 32.1 Å². The van der Waals surface area contributed by atoms with Gasteiger partial charge < -0.3 is 0 Å². The van der Waals surface area contributed by atoms with E-state index in [1.54, 1.807) is 22.4 Å². The van der Waals surface area contributed by atoms with Crippen molar-refractivity contribution < 1.29 is 0 Å². The average Bonchev–Trinajstić information content (AvgIpc) is 3.24. The van der Waals surface area contributed by atoms with Crippen LogP contribution in [0.2, 0.25) is 0 Å². The predicted octanol–water partition coefficient (Wildman–Crippen LogP) is 6.67. The lowest BCUT2D eigenvalue weighted by Gasteiger charge is -2.24. The van der Waals surface area contributed by atoms with Gasteiger partial charge in [-0.1, -0.05) is 50.2 Å². The van der Waals surface area contributed by atoms with E-state index in [0.29, 0.717) is 0 Å². The van der Waals surface area contributed by atoms with E-state index in [1.807, 2.05) is 74.6 Å². The molecule has 0 radical (unpaired) electrons. The highest BCUT2D eigenvalue weighted by molar-refractivity contribution is 6.04. The maximum absolute atomic E-state index is 13.5. The van der Waals surface area contributed by atoms with Crippen molar-refractivity contribution in [3.8, 4) is 22.9 Å². The van der Waals surface area contributed by atoms with Crippen LogP contribution in [0.25, 0.3) is 49.7 Å². The molecular weight excluding hydrogens is 470 g/mol. The van der Waals surface area contributed by atoms with Crippen LogP contribution < -0.4 is 5.69 Å². The Bertz CT molecular complexity index is 1940. The second-order valence-corrected chi connectivity index (χ2v) is 9.77. The number of rotatable bonds is 5. The lowest BCUT2D eigenvalue weighted by Crippen LogP contribution is -2.23. The third-order valence-electron chi connectivity index (χ3n) is 7.91. The third-order valence-corrected chi connectivity index (χ3v) is 7.91. The first kappa shape index (κ1) is 23.6. The fourth-order valence-electron chi connectivity index (χ4n) is 5.46. The zero-order chi connectivity index (χ0) is 26.4. The minimum absolute atomic E-state index is 0.141. The topological polar surface area (TPSA) is 76.5 Å². The van der Waals surface area contributed by atoms with Gasteiger partial charge in [0.1, 0.15) is 0 Å². The van der Waals surface area contributed by atoms with Gasteiger partial charge in [-0.05, 0) is 60.4 Å². The van der Waals surface area contributed by atoms with Crippen LogP contribution in [-0.2, 0) is 12.5 Å². The van der Waals surface area contributed by atoms with E-state index in [1.165, 1.54) is 0 Å². The van der Waals surface area contributed by atoms with E-state index in [-0.39, 0.29) is 5.69 Å². The zero-order valence-corrected chi connectivity index (χ0v) is 21.6. The van der Waals surface area contributed by atoms with E-state index in [2.05, 4.69) is 34.2 Å². The van der Waals surface area contributed by atoms with E-state index in [4.69, 9.17) is 0 Å². The van der Waals surface area contributed by atoms with Crippen LogP contribution in [0.4, 0.5) is 0 Å². The third kappa shape index (κ3) is 3.51. The van der Waals surface area contributed by atoms with E-state index >= 15 is 0 Å². The zero-order valence-electron chi connectivity index (χ0n) is 21.6. The van der Waals surface area contributed by atoms with E-state index < -0.39 is 5.41 Å². The molecule has 0 atom stereocenters. The predicted molar refractivity (Wildman–Crippen MR) is 152 cm³/mol. The molecule has 6 nitrogen and oxygen atoms in total. The maximum atomic E-state index is 13.5. The van der Waals surface area contributed by atoms with Crippen LogP contribution in [0.1, 0.15) is 32.3 Å². The van der Waals surface area contributed by atoms with Gasteiger partial charge in [0.25, 0.3) is 0 Å². The van der Waals surface area contributed by atoms with Gasteiger partial charge in [0, 0.05) is 29.6 Å². The number of benzene rings is 3. The Kier molecular flexibility index (Phi) is 5.57. The van der Waals surface area contributed by atoms with E-state index in [9.17, 15) is 10.1 Å². The van der Waals surface area contributed by atoms with Crippen LogP contribution in [0, 0.1) is 11.3 Å². The highest BCUT2D eigenvalue weighted by Crippen LogP contribution is 2.33. The Balaban J connectivity index is 1.57. The summed E-state index contributed by atoms with van der Waals surface area (Å²) in [5.74, 6) is 0. The van der Waals surface area contributed by atoms with E-state index in [0.717, 1.165) is 68.1 Å². The Morgan fingerprint density at radius 2 is 1.61 bits per heavy atom. The van der Waals surface area contributed by atoms with Crippen molar-refractivity contribution in [1.82, 2.24) is 19.1 Å². The van der Waals surface area contributed by atoms with Crippen LogP contribution in [0.3, 0.4) is 0 Å². The van der Waals surface area contributed by atoms with Gasteiger partial charge in [0.2, 0.25) is 0 Å². The molecule has 0 aliphatic heterocycles. The summed E-state index contributed by atoms with van der Waals surface area (Å²) >= 11 is 0. The minimum atomic E-state index is -0.526. The molecule has 186 valence electrons. The second kappa shape index (κ2) is 8.97. The van der Waals surface area contributed by atoms with Crippen LogP contribution in [0.5, 0.6) is 0 Å². The van der Waals surface area contributed by atoms with Gasteiger partial charge >= 0.3 is 5.69 Å². The summed E-state index contributed by atoms with van der Waals surface area (Å²) in [6.45, 7) is 4.08. The molecule has 0 spiro atoms. The van der Waals surface area contributed by atoms with Crippen LogP contribution in [0.15, 0.2) is 90.0 Å². The summed E-state index contributed by atoms with van der Waals surface area (Å²) in [7, 11) is 1.77. The van der Waals surface area contributed by atoms with Gasteiger partial charge in [-0.3, -0.25) is 19.1 Å². The summed E-state index contributed by atoms with van der Waals surface area (Å²) in [5, 5.41) is 11.8. The molecule has 6 aromatic rings. The molecule has 0 aliphatic rings. The molecule has 6 rings (SSSR count). The highest BCUT2D eigenvalue weighted by atomic mass is 16.1. The molecule has 0 amide bonds.